The van der Waals surface area contributed by atoms with Crippen LogP contribution in [0.25, 0.3) is 21.5 Å². The SMILES string of the molecule is CC(C)(C)c1cc(Cc2c3ccccc3c(Cc3cc(C(C)(C)C)c(O)c(C(C)(C)C)c3)c3ccccc23)cc(C(C)(C)C)c1O. The minimum atomic E-state index is -0.185. The van der Waals surface area contributed by atoms with Crippen LogP contribution in [-0.4, -0.2) is 10.2 Å². The Morgan fingerprint density at radius 1 is 0.391 bits per heavy atom. The van der Waals surface area contributed by atoms with Crippen molar-refractivity contribution in [1.29, 1.82) is 0 Å². The van der Waals surface area contributed by atoms with Gasteiger partial charge in [-0.15, -0.1) is 0 Å². The molecule has 0 saturated heterocycles. The van der Waals surface area contributed by atoms with Gasteiger partial charge < -0.3 is 10.2 Å². The van der Waals surface area contributed by atoms with Crippen LogP contribution in [0.3, 0.4) is 0 Å². The second-order valence-corrected chi connectivity index (χ2v) is 17.5. The number of hydrogen-bond donors (Lipinski definition) is 2. The Hall–Kier alpha value is -3.78. The fourth-order valence-electron chi connectivity index (χ4n) is 6.98. The second kappa shape index (κ2) is 11.5. The van der Waals surface area contributed by atoms with E-state index in [9.17, 15) is 10.2 Å². The Kier molecular flexibility index (Phi) is 8.38. The van der Waals surface area contributed by atoms with Gasteiger partial charge in [0.25, 0.3) is 0 Å². The molecule has 0 atom stereocenters. The van der Waals surface area contributed by atoms with Crippen molar-refractivity contribution in [2.45, 2.75) is 118 Å². The number of phenols is 2. The number of phenolic OH excluding ortho intramolecular Hbond substituents is 2. The molecule has 0 aliphatic carbocycles. The molecule has 0 spiro atoms. The topological polar surface area (TPSA) is 40.5 Å². The molecule has 0 aromatic heterocycles. The summed E-state index contributed by atoms with van der Waals surface area (Å²) in [6, 6.07) is 26.6. The van der Waals surface area contributed by atoms with Crippen LogP contribution in [-0.2, 0) is 34.5 Å². The first-order valence-electron chi connectivity index (χ1n) is 16.8. The average Bonchev–Trinajstić information content (AvgIpc) is 2.93. The summed E-state index contributed by atoms with van der Waals surface area (Å²) in [6.07, 6.45) is 1.55. The van der Waals surface area contributed by atoms with Gasteiger partial charge in [0.15, 0.2) is 0 Å². The maximum absolute atomic E-state index is 11.4. The maximum Gasteiger partial charge on any atom is 0.123 e. The van der Waals surface area contributed by atoms with Crippen LogP contribution in [0.4, 0.5) is 0 Å². The Labute approximate surface area is 277 Å². The molecule has 0 bridgehead atoms. The summed E-state index contributed by atoms with van der Waals surface area (Å²) in [6.45, 7) is 26.1. The Morgan fingerprint density at radius 3 is 0.804 bits per heavy atom. The van der Waals surface area contributed by atoms with Crippen LogP contribution in [0.15, 0.2) is 72.8 Å². The molecule has 0 aliphatic rings. The molecule has 0 saturated carbocycles. The minimum Gasteiger partial charge on any atom is -0.507 e. The van der Waals surface area contributed by atoms with Gasteiger partial charge in [0, 0.05) is 0 Å². The maximum atomic E-state index is 11.4. The number of rotatable bonds is 4. The van der Waals surface area contributed by atoms with Crippen molar-refractivity contribution in [3.05, 3.63) is 117 Å². The van der Waals surface area contributed by atoms with Crippen LogP contribution < -0.4 is 0 Å². The van der Waals surface area contributed by atoms with Gasteiger partial charge in [0.1, 0.15) is 11.5 Å². The molecule has 5 aromatic rings. The van der Waals surface area contributed by atoms with Gasteiger partial charge in [0.05, 0.1) is 0 Å². The molecule has 2 heteroatoms. The molecule has 0 aliphatic heterocycles. The molecular weight excluding hydrogens is 560 g/mol. The Morgan fingerprint density at radius 2 is 0.609 bits per heavy atom. The number of hydrogen-bond acceptors (Lipinski definition) is 2. The zero-order chi connectivity index (χ0) is 34.0. The van der Waals surface area contributed by atoms with E-state index in [1.54, 1.807) is 0 Å². The van der Waals surface area contributed by atoms with Gasteiger partial charge in [-0.05, 0) is 101 Å². The third-order valence-electron chi connectivity index (χ3n) is 9.49. The third kappa shape index (κ3) is 6.41. The fourth-order valence-corrected chi connectivity index (χ4v) is 6.98. The van der Waals surface area contributed by atoms with Gasteiger partial charge in [0.2, 0.25) is 0 Å². The van der Waals surface area contributed by atoms with E-state index in [2.05, 4.69) is 156 Å². The van der Waals surface area contributed by atoms with Crippen LogP contribution in [0.5, 0.6) is 11.5 Å². The standard InChI is InChI=1S/C44H54O2/c1-41(2,3)35-23-27(24-36(39(35)45)42(4,5)6)21-33-29-17-13-15-19-31(29)34(32-20-16-14-18-30(32)33)22-28-25-37(43(7,8)9)40(46)38(26-28)44(10,11)12/h13-20,23-26,45-46H,21-22H2,1-12H3. The molecule has 0 radical (unpaired) electrons. The molecule has 5 aromatic carbocycles. The molecule has 0 heterocycles. The van der Waals surface area contributed by atoms with E-state index >= 15 is 0 Å². The first kappa shape index (κ1) is 33.6. The van der Waals surface area contributed by atoms with Gasteiger partial charge >= 0.3 is 0 Å². The predicted octanol–water partition coefficient (Wildman–Crippen LogP) is 11.8. The zero-order valence-electron chi connectivity index (χ0n) is 30.2. The van der Waals surface area contributed by atoms with Crippen molar-refractivity contribution in [2.75, 3.05) is 0 Å². The molecule has 242 valence electrons. The van der Waals surface area contributed by atoms with E-state index in [1.165, 1.54) is 43.8 Å². The van der Waals surface area contributed by atoms with E-state index in [4.69, 9.17) is 0 Å². The molecule has 0 fully saturated rings. The monoisotopic (exact) mass is 614 g/mol. The summed E-state index contributed by atoms with van der Waals surface area (Å²) in [4.78, 5) is 0. The van der Waals surface area contributed by atoms with Crippen LogP contribution in [0.2, 0.25) is 0 Å². The summed E-state index contributed by atoms with van der Waals surface area (Å²) in [5.41, 5.74) is 8.33. The van der Waals surface area contributed by atoms with Gasteiger partial charge in [-0.25, -0.2) is 0 Å². The normalized spacial score (nSPS) is 13.1. The van der Waals surface area contributed by atoms with Crippen molar-refractivity contribution in [1.82, 2.24) is 0 Å². The summed E-state index contributed by atoms with van der Waals surface area (Å²) in [5, 5.41) is 27.9. The molecule has 0 unspecified atom stereocenters. The predicted molar refractivity (Wildman–Crippen MR) is 198 cm³/mol. The van der Waals surface area contributed by atoms with Crippen molar-refractivity contribution < 1.29 is 10.2 Å². The molecule has 0 amide bonds. The Balaban J connectivity index is 1.76. The lowest BCUT2D eigenvalue weighted by molar-refractivity contribution is 0.422. The first-order chi connectivity index (χ1) is 21.2. The lowest BCUT2D eigenvalue weighted by Crippen LogP contribution is -2.18. The van der Waals surface area contributed by atoms with E-state index < -0.39 is 0 Å². The van der Waals surface area contributed by atoms with Gasteiger partial charge in [-0.2, -0.15) is 0 Å². The van der Waals surface area contributed by atoms with Gasteiger partial charge in [-0.1, -0.05) is 156 Å². The third-order valence-corrected chi connectivity index (χ3v) is 9.49. The minimum absolute atomic E-state index is 0.185. The molecule has 5 rings (SSSR count). The largest absolute Gasteiger partial charge is 0.507 e. The second-order valence-electron chi connectivity index (χ2n) is 17.5. The summed E-state index contributed by atoms with van der Waals surface area (Å²) in [5.74, 6) is 0.846. The number of aromatic hydroxyl groups is 2. The van der Waals surface area contributed by atoms with Crippen molar-refractivity contribution >= 4 is 21.5 Å². The van der Waals surface area contributed by atoms with Gasteiger partial charge in [-0.3, -0.25) is 0 Å². The highest BCUT2D eigenvalue weighted by molar-refractivity contribution is 6.06. The van der Waals surface area contributed by atoms with E-state index in [1.807, 2.05) is 0 Å². The van der Waals surface area contributed by atoms with Crippen molar-refractivity contribution in [3.63, 3.8) is 0 Å². The van der Waals surface area contributed by atoms with Crippen molar-refractivity contribution in [2.24, 2.45) is 0 Å². The first-order valence-corrected chi connectivity index (χ1v) is 16.8. The van der Waals surface area contributed by atoms with Crippen LogP contribution in [0.1, 0.15) is 128 Å². The van der Waals surface area contributed by atoms with E-state index in [-0.39, 0.29) is 21.7 Å². The zero-order valence-corrected chi connectivity index (χ0v) is 30.2. The summed E-state index contributed by atoms with van der Waals surface area (Å²) < 4.78 is 0. The lowest BCUT2D eigenvalue weighted by Gasteiger charge is -2.29. The highest BCUT2D eigenvalue weighted by Crippen LogP contribution is 2.43. The highest BCUT2D eigenvalue weighted by Gasteiger charge is 2.29. The fraction of sp³-hybridized carbons (Fsp3) is 0.409. The highest BCUT2D eigenvalue weighted by atomic mass is 16.3. The molecule has 46 heavy (non-hydrogen) atoms. The molecule has 2 nitrogen and oxygen atoms in total. The Bertz CT molecular complexity index is 1660. The van der Waals surface area contributed by atoms with Crippen LogP contribution >= 0.6 is 0 Å². The molecular formula is C44H54O2. The van der Waals surface area contributed by atoms with Crippen LogP contribution in [0, 0.1) is 0 Å². The lowest BCUT2D eigenvalue weighted by atomic mass is 9.77. The smallest absolute Gasteiger partial charge is 0.123 e. The quantitative estimate of drug-likeness (QED) is 0.198. The number of fused-ring (bicyclic) bond motifs is 2. The summed E-state index contributed by atoms with van der Waals surface area (Å²) >= 11 is 0. The van der Waals surface area contributed by atoms with Crippen molar-refractivity contribution in [3.8, 4) is 11.5 Å². The van der Waals surface area contributed by atoms with E-state index in [0.29, 0.717) is 11.5 Å². The van der Waals surface area contributed by atoms with E-state index in [0.717, 1.165) is 35.1 Å². The summed E-state index contributed by atoms with van der Waals surface area (Å²) in [7, 11) is 0. The molecule has 2 N–H and O–H groups in total. The average molecular weight is 615 g/mol. The number of benzene rings is 5.